The number of likely N-dealkylation sites (tertiary alicyclic amines) is 1. The van der Waals surface area contributed by atoms with Crippen LogP contribution >= 0.6 is 11.3 Å². The van der Waals surface area contributed by atoms with E-state index in [-0.39, 0.29) is 23.7 Å². The van der Waals surface area contributed by atoms with Gasteiger partial charge in [0, 0.05) is 11.9 Å². The Morgan fingerprint density at radius 1 is 1.22 bits per heavy atom. The molecule has 2 amide bonds. The minimum Gasteiger partial charge on any atom is -0.285 e. The first kappa shape index (κ1) is 11.7. The first-order valence-electron chi connectivity index (χ1n) is 6.13. The lowest BCUT2D eigenvalue weighted by Crippen LogP contribution is -2.26. The number of fused-ring (bicyclic) bond motifs is 1. The van der Waals surface area contributed by atoms with E-state index in [0.29, 0.717) is 6.42 Å². The average Bonchev–Trinajstić information content (AvgIpc) is 2.94. The molecule has 2 atom stereocenters. The number of allylic oxidation sites excluding steroid dienone is 2. The molecule has 18 heavy (non-hydrogen) atoms. The van der Waals surface area contributed by atoms with Gasteiger partial charge in [-0.3, -0.25) is 14.5 Å². The van der Waals surface area contributed by atoms with Gasteiger partial charge in [-0.25, -0.2) is 0 Å². The molecule has 0 radical (unpaired) electrons. The normalized spacial score (nSPS) is 28.0. The van der Waals surface area contributed by atoms with Crippen molar-refractivity contribution in [2.45, 2.75) is 19.8 Å². The molecular weight excluding hydrogens is 246 g/mol. The van der Waals surface area contributed by atoms with Gasteiger partial charge in [-0.1, -0.05) is 11.6 Å². The Morgan fingerprint density at radius 3 is 2.50 bits per heavy atom. The Balaban J connectivity index is 1.98. The van der Waals surface area contributed by atoms with E-state index >= 15 is 0 Å². The summed E-state index contributed by atoms with van der Waals surface area (Å²) in [6, 6.07) is 4.12. The number of hydrogen-bond acceptors (Lipinski definition) is 3. The summed E-state index contributed by atoms with van der Waals surface area (Å²) in [6.07, 6.45) is 1.44. The molecule has 4 heteroatoms. The summed E-state index contributed by atoms with van der Waals surface area (Å²) in [4.78, 5) is 26.6. The van der Waals surface area contributed by atoms with Gasteiger partial charge in [-0.15, -0.1) is 11.3 Å². The molecule has 0 spiro atoms. The van der Waals surface area contributed by atoms with Crippen molar-refractivity contribution < 1.29 is 9.59 Å². The van der Waals surface area contributed by atoms with E-state index in [2.05, 4.69) is 18.4 Å². The van der Waals surface area contributed by atoms with Gasteiger partial charge in [-0.2, -0.15) is 0 Å². The number of imide groups is 1. The number of nitrogens with zero attached hydrogens (tertiary/aromatic N) is 1. The zero-order valence-electron chi connectivity index (χ0n) is 10.5. The summed E-state index contributed by atoms with van der Waals surface area (Å²) in [5, 5.41) is 2.05. The molecule has 2 heterocycles. The fourth-order valence-electron chi connectivity index (χ4n) is 3.02. The molecule has 94 valence electrons. The van der Waals surface area contributed by atoms with Crippen molar-refractivity contribution in [2.24, 2.45) is 11.8 Å². The van der Waals surface area contributed by atoms with Gasteiger partial charge in [0.15, 0.2) is 0 Å². The third kappa shape index (κ3) is 1.56. The van der Waals surface area contributed by atoms with Crippen LogP contribution in [0, 0.1) is 11.8 Å². The summed E-state index contributed by atoms with van der Waals surface area (Å²) >= 11 is 1.70. The first-order valence-corrected chi connectivity index (χ1v) is 7.01. The molecular formula is C14H15NO2S. The predicted molar refractivity (Wildman–Crippen MR) is 70.9 cm³/mol. The zero-order chi connectivity index (χ0) is 12.9. The van der Waals surface area contributed by atoms with Crippen molar-refractivity contribution in [1.29, 1.82) is 0 Å². The Hall–Kier alpha value is -1.42. The minimum absolute atomic E-state index is 0.00502. The number of amides is 2. The lowest BCUT2D eigenvalue weighted by molar-refractivity contribution is -0.138. The molecule has 1 saturated heterocycles. The minimum atomic E-state index is -0.136. The summed E-state index contributed by atoms with van der Waals surface area (Å²) < 4.78 is 0. The molecule has 0 bridgehead atoms. The van der Waals surface area contributed by atoms with Crippen LogP contribution in [-0.2, 0) is 9.59 Å². The second kappa shape index (κ2) is 4.05. The van der Waals surface area contributed by atoms with Crippen molar-refractivity contribution in [1.82, 2.24) is 4.90 Å². The van der Waals surface area contributed by atoms with Gasteiger partial charge in [0.2, 0.25) is 11.8 Å². The summed E-state index contributed by atoms with van der Waals surface area (Å²) in [6.45, 7) is 2.08. The average molecular weight is 261 g/mol. The molecule has 3 nitrogen and oxygen atoms in total. The van der Waals surface area contributed by atoms with Crippen LogP contribution in [-0.4, -0.2) is 23.8 Å². The van der Waals surface area contributed by atoms with E-state index in [9.17, 15) is 9.59 Å². The molecule has 1 aromatic heterocycles. The first-order chi connectivity index (χ1) is 8.59. The summed E-state index contributed by atoms with van der Waals surface area (Å²) in [5.74, 6) is -0.268. The van der Waals surface area contributed by atoms with Gasteiger partial charge in [0.05, 0.1) is 11.8 Å². The molecule has 1 aliphatic heterocycles. The summed E-state index contributed by atoms with van der Waals surface area (Å²) in [5.41, 5.74) is 2.53. The number of rotatable bonds is 1. The van der Waals surface area contributed by atoms with E-state index in [0.717, 1.165) is 6.42 Å². The van der Waals surface area contributed by atoms with Gasteiger partial charge >= 0.3 is 0 Å². The SMILES string of the molecule is CC1=C(c2cccs2)C[C@H]2C(=O)N(C)C(=O)[C@H]2C1. The largest absolute Gasteiger partial charge is 0.285 e. The van der Waals surface area contributed by atoms with Crippen molar-refractivity contribution in [3.8, 4) is 0 Å². The standard InChI is InChI=1S/C14H15NO2S/c1-8-6-10-11(14(17)15(2)13(10)16)7-9(8)12-4-3-5-18-12/h3-5,10-11H,6-7H2,1-2H3/t10-,11+/m0/s1. The Kier molecular flexibility index (Phi) is 2.63. The third-order valence-corrected chi connectivity index (χ3v) is 4.99. The smallest absolute Gasteiger partial charge is 0.233 e. The highest BCUT2D eigenvalue weighted by molar-refractivity contribution is 7.11. The van der Waals surface area contributed by atoms with Gasteiger partial charge in [-0.05, 0) is 36.8 Å². The Bertz CT molecular complexity index is 544. The second-order valence-corrected chi connectivity index (χ2v) is 6.04. The van der Waals surface area contributed by atoms with Crippen molar-refractivity contribution in [3.05, 3.63) is 28.0 Å². The quantitative estimate of drug-likeness (QED) is 0.729. The fraction of sp³-hybridized carbons (Fsp3) is 0.429. The molecule has 0 saturated carbocycles. The van der Waals surface area contributed by atoms with Gasteiger partial charge in [0.25, 0.3) is 0 Å². The van der Waals surface area contributed by atoms with Gasteiger partial charge < -0.3 is 0 Å². The molecule has 3 rings (SSSR count). The van der Waals surface area contributed by atoms with Crippen LogP contribution < -0.4 is 0 Å². The van der Waals surface area contributed by atoms with E-state index in [1.54, 1.807) is 18.4 Å². The topological polar surface area (TPSA) is 37.4 Å². The third-order valence-electron chi connectivity index (χ3n) is 4.07. The van der Waals surface area contributed by atoms with Crippen molar-refractivity contribution in [2.75, 3.05) is 7.05 Å². The molecule has 1 aliphatic carbocycles. The van der Waals surface area contributed by atoms with E-state index in [1.807, 2.05) is 6.07 Å². The molecule has 2 aliphatic rings. The summed E-state index contributed by atoms with van der Waals surface area (Å²) in [7, 11) is 1.60. The van der Waals surface area contributed by atoms with E-state index in [1.165, 1.54) is 20.9 Å². The number of carbonyl (C=O) groups excluding carboxylic acids is 2. The van der Waals surface area contributed by atoms with Crippen LogP contribution in [0.1, 0.15) is 24.6 Å². The lowest BCUT2D eigenvalue weighted by atomic mass is 9.77. The molecule has 0 N–H and O–H groups in total. The van der Waals surface area contributed by atoms with Crippen LogP contribution in [0.5, 0.6) is 0 Å². The van der Waals surface area contributed by atoms with E-state index in [4.69, 9.17) is 0 Å². The molecule has 1 aromatic rings. The van der Waals surface area contributed by atoms with Crippen LogP contribution in [0.2, 0.25) is 0 Å². The highest BCUT2D eigenvalue weighted by Crippen LogP contribution is 2.44. The van der Waals surface area contributed by atoms with E-state index < -0.39 is 0 Å². The number of carbonyl (C=O) groups is 2. The van der Waals surface area contributed by atoms with Crippen LogP contribution in [0.4, 0.5) is 0 Å². The van der Waals surface area contributed by atoms with Crippen LogP contribution in [0.25, 0.3) is 5.57 Å². The Labute approximate surface area is 110 Å². The van der Waals surface area contributed by atoms with Crippen molar-refractivity contribution in [3.63, 3.8) is 0 Å². The highest BCUT2D eigenvalue weighted by atomic mass is 32.1. The molecule has 1 fully saturated rings. The zero-order valence-corrected chi connectivity index (χ0v) is 11.3. The number of thiophene rings is 1. The Morgan fingerprint density at radius 2 is 1.89 bits per heavy atom. The highest BCUT2D eigenvalue weighted by Gasteiger charge is 2.47. The maximum absolute atomic E-state index is 12.1. The number of hydrogen-bond donors (Lipinski definition) is 0. The monoisotopic (exact) mass is 261 g/mol. The van der Waals surface area contributed by atoms with Crippen molar-refractivity contribution >= 4 is 28.7 Å². The fourth-order valence-corrected chi connectivity index (χ4v) is 3.88. The lowest BCUT2D eigenvalue weighted by Gasteiger charge is -2.25. The molecule has 0 unspecified atom stereocenters. The second-order valence-electron chi connectivity index (χ2n) is 5.09. The maximum atomic E-state index is 12.1. The maximum Gasteiger partial charge on any atom is 0.233 e. The van der Waals surface area contributed by atoms with Crippen LogP contribution in [0.15, 0.2) is 23.1 Å². The predicted octanol–water partition coefficient (Wildman–Crippen LogP) is 2.55. The molecule has 0 aromatic carbocycles. The van der Waals surface area contributed by atoms with Gasteiger partial charge in [0.1, 0.15) is 0 Å². The van der Waals surface area contributed by atoms with Crippen LogP contribution in [0.3, 0.4) is 0 Å².